The van der Waals surface area contributed by atoms with Gasteiger partial charge in [0, 0.05) is 103 Å². The summed E-state index contributed by atoms with van der Waals surface area (Å²) in [6.07, 6.45) is 10.5. The first-order valence-electron chi connectivity index (χ1n) is 41.0. The molecule has 0 amide bonds. The van der Waals surface area contributed by atoms with Crippen LogP contribution >= 0.6 is 0 Å². The van der Waals surface area contributed by atoms with Crippen molar-refractivity contribution in [3.05, 3.63) is 66.6 Å². The van der Waals surface area contributed by atoms with E-state index in [0.29, 0.717) is 76.5 Å². The maximum atomic E-state index is 14.1. The van der Waals surface area contributed by atoms with E-state index < -0.39 is 36.0 Å². The number of rotatable bonds is 8. The summed E-state index contributed by atoms with van der Waals surface area (Å²) >= 11 is 0. The van der Waals surface area contributed by atoms with Crippen LogP contribution in [0.4, 0.5) is 0 Å². The number of nitrogens with zero attached hydrogens (tertiary/aromatic N) is 2. The number of fused-ring (bicyclic) bond motifs is 12. The minimum absolute atomic E-state index is 0. The van der Waals surface area contributed by atoms with Crippen LogP contribution in [0.2, 0.25) is 0 Å². The molecule has 20 fully saturated rings. The SMILES string of the molecule is C=C1CC2CCC34CC5OC6C(OC7CCC(CC(=O)CC8C(CC9OC(CCC1O2)CC(C)C9=C)OC(CC(O)CC)C8OC)OC7C6O3)C5O4.[C-]#N.[C-]#[N+]CC(O)CC1OC2CC3OC(CCC4OC(CCC56CC7OC8C(O5)C5OC(CCC5O[C@H]8C7O6)CC(=O)CC2C1OC)CC4=C)CC(C)C3=C.[K+]. The van der Waals surface area contributed by atoms with E-state index in [4.69, 9.17) is 104 Å². The van der Waals surface area contributed by atoms with Crippen molar-refractivity contribution in [2.45, 2.75) is 401 Å². The molecule has 20 aliphatic rings. The van der Waals surface area contributed by atoms with E-state index in [-0.39, 0.29) is 277 Å². The van der Waals surface area contributed by atoms with E-state index >= 15 is 0 Å². The van der Waals surface area contributed by atoms with Gasteiger partial charge >= 0.3 is 51.4 Å². The Morgan fingerprint density at radius 3 is 1.27 bits per heavy atom. The Hall–Kier alpha value is -1.88. The molecule has 592 valence electrons. The van der Waals surface area contributed by atoms with Gasteiger partial charge in [0.15, 0.2) is 11.6 Å². The molecule has 2 spiro atoms. The summed E-state index contributed by atoms with van der Waals surface area (Å²) < 4.78 is 120. The number of hydrogen-bond acceptors (Lipinski definition) is 23. The van der Waals surface area contributed by atoms with Gasteiger partial charge in [-0.1, -0.05) is 47.1 Å². The molecule has 20 heterocycles. The Balaban J connectivity index is 0.000000167. The standard InChI is InChI=1S/C41H57NO11.C41H60O11.CN.K/c1-20-12-25-6-8-29-21(2)13-27(46-29)10-11-41-18-34-37(52-41)38-39(51-34)40(53-41)36-30(50-38)9-7-26(48-36)14-23(43)15-28-32(17-31(47-25)22(20)3)49-33(35(28)45-5)16-24(44)19-42-4;1-6-23(42)17-33-35(44-5)28-16-24(43)15-26-8-10-30-36(47-26)40-39-38(49-30)37-34(50-39)19-41(51-37,52-40)12-11-27-14-21(3)29(45-27)9-7-25-13-20(2)22(4)31(46-25)18-32(28)48-33;1-2;/h20,24-40,44H,2-3,6-19H2,1,5H3;20,23,25-40,42H,3-4,6-19H2,1-2,5H3;;/q;;-1;+1/t20?,24?,25?,26?,27?,28?,29?,30?,31?,32?,33?,34?,35?,36?,37?,38-,39?,40?,41?;;;/m0.../s1. The molecule has 2 N–H and O–H groups in total. The molecule has 37 unspecified atom stereocenters. The van der Waals surface area contributed by atoms with E-state index in [9.17, 15) is 19.8 Å². The maximum Gasteiger partial charge on any atom is 1.00 e. The molecule has 24 nitrogen and oxygen atoms in total. The van der Waals surface area contributed by atoms with Gasteiger partial charge in [0.2, 0.25) is 6.54 Å². The first kappa shape index (κ1) is 81.3. The average Bonchev–Trinajstić information content (AvgIpc) is 1.55. The zero-order valence-corrected chi connectivity index (χ0v) is 67.5. The number of aliphatic hydroxyl groups is 2. The molecular formula is C83H117KN2O22. The second-order valence-electron chi connectivity index (χ2n) is 35.1. The molecule has 0 radical (unpaired) electrons. The van der Waals surface area contributed by atoms with E-state index in [1.165, 1.54) is 0 Å². The quantitative estimate of drug-likeness (QED) is 0.151. The van der Waals surface area contributed by atoms with Gasteiger partial charge in [-0.15, -0.1) is 0 Å². The fourth-order valence-electron chi connectivity index (χ4n) is 22.7. The predicted molar refractivity (Wildman–Crippen MR) is 381 cm³/mol. The number of methoxy groups -OCH3 is 2. The predicted octanol–water partition coefficient (Wildman–Crippen LogP) is 6.39. The number of carbonyl (C=O) groups excluding carboxylic acids is 2. The zero-order valence-electron chi connectivity index (χ0n) is 64.4. The Labute approximate surface area is 680 Å². The molecule has 0 aliphatic carbocycles. The number of Topliss-reactive ketones (excluding diaryl/α,β-unsaturated/α-hetero) is 2. The molecule has 20 saturated heterocycles. The first-order valence-corrected chi connectivity index (χ1v) is 41.0. The fourth-order valence-corrected chi connectivity index (χ4v) is 22.7. The van der Waals surface area contributed by atoms with Crippen molar-refractivity contribution in [3.8, 4) is 0 Å². The summed E-state index contributed by atoms with van der Waals surface area (Å²) in [5.74, 6) is -1.23. The van der Waals surface area contributed by atoms with Crippen molar-refractivity contribution in [1.29, 1.82) is 5.26 Å². The monoisotopic (exact) mass is 1530 g/mol. The van der Waals surface area contributed by atoms with Crippen molar-refractivity contribution in [3.63, 3.8) is 0 Å². The summed E-state index contributed by atoms with van der Waals surface area (Å²) in [6, 6.07) is 0. The average molecular weight is 1530 g/mol. The van der Waals surface area contributed by atoms with Crippen molar-refractivity contribution in [2.75, 3.05) is 20.8 Å². The van der Waals surface area contributed by atoms with Crippen LogP contribution in [-0.2, 0) is 94.9 Å². The summed E-state index contributed by atoms with van der Waals surface area (Å²) in [4.78, 5) is 31.5. The van der Waals surface area contributed by atoms with Crippen LogP contribution in [0, 0.1) is 42.1 Å². The maximum absolute atomic E-state index is 14.1. The van der Waals surface area contributed by atoms with Gasteiger partial charge in [0.1, 0.15) is 78.7 Å². The number of ketones is 2. The Bertz CT molecular complexity index is 3320. The second-order valence-corrected chi connectivity index (χ2v) is 35.1. The van der Waals surface area contributed by atoms with Crippen LogP contribution < -0.4 is 51.4 Å². The molecular weight excluding hydrogens is 1420 g/mol. The van der Waals surface area contributed by atoms with Crippen LogP contribution in [0.5, 0.6) is 0 Å². The third kappa shape index (κ3) is 16.2. The van der Waals surface area contributed by atoms with E-state index in [1.54, 1.807) is 14.2 Å². The molecule has 20 rings (SSSR count). The second kappa shape index (κ2) is 34.0. The van der Waals surface area contributed by atoms with Gasteiger partial charge in [-0.25, -0.2) is 6.57 Å². The summed E-state index contributed by atoms with van der Waals surface area (Å²) in [5, 5.41) is 27.5. The number of aliphatic hydroxyl groups excluding tert-OH is 2. The molecule has 0 aromatic rings. The van der Waals surface area contributed by atoms with E-state index in [2.05, 4.69) is 45.0 Å². The molecule has 0 aromatic heterocycles. The van der Waals surface area contributed by atoms with Gasteiger partial charge < -0.3 is 112 Å². The molecule has 38 atom stereocenters. The Kier molecular flexibility index (Phi) is 25.6. The third-order valence-electron chi connectivity index (χ3n) is 28.2. The van der Waals surface area contributed by atoms with Crippen molar-refractivity contribution in [1.82, 2.24) is 0 Å². The topological polar surface area (TPSA) is 269 Å². The van der Waals surface area contributed by atoms with E-state index in [0.717, 1.165) is 106 Å². The van der Waals surface area contributed by atoms with Crippen LogP contribution in [0.25, 0.3) is 4.85 Å². The molecule has 0 aromatic carbocycles. The number of hydrogen-bond donors (Lipinski definition) is 2. The van der Waals surface area contributed by atoms with Crippen LogP contribution in [-0.4, -0.2) is 249 Å². The summed E-state index contributed by atoms with van der Waals surface area (Å²) in [7, 11) is 3.33. The smallest absolute Gasteiger partial charge is 0.512 e. The number of ether oxygens (including phenoxy) is 18. The third-order valence-corrected chi connectivity index (χ3v) is 28.2. The molecule has 25 heteroatoms. The van der Waals surface area contributed by atoms with Crippen molar-refractivity contribution < 1.29 is 156 Å². The first-order chi connectivity index (χ1) is 51.7. The zero-order chi connectivity index (χ0) is 74.5. The Morgan fingerprint density at radius 1 is 0.454 bits per heavy atom. The largest absolute Gasteiger partial charge is 1.00 e. The van der Waals surface area contributed by atoms with Gasteiger partial charge in [-0.05, 0) is 130 Å². The molecule has 24 bridgehead atoms. The summed E-state index contributed by atoms with van der Waals surface area (Å²) in [5.41, 5.74) is 4.40. The van der Waals surface area contributed by atoms with Crippen LogP contribution in [0.15, 0.2) is 48.6 Å². The normalized spacial score (nSPS) is 50.5. The van der Waals surface area contributed by atoms with Gasteiger partial charge in [0.05, 0.1) is 128 Å². The van der Waals surface area contributed by atoms with Crippen molar-refractivity contribution in [2.24, 2.45) is 23.7 Å². The van der Waals surface area contributed by atoms with Crippen LogP contribution in [0.3, 0.4) is 0 Å². The minimum Gasteiger partial charge on any atom is -0.512 e. The Morgan fingerprint density at radius 2 is 0.843 bits per heavy atom. The van der Waals surface area contributed by atoms with Gasteiger partial charge in [-0.3, -0.25) is 9.59 Å². The number of carbonyl (C=O) groups is 2. The minimum atomic E-state index is -0.847. The van der Waals surface area contributed by atoms with Gasteiger partial charge in [-0.2, -0.15) is 0 Å². The van der Waals surface area contributed by atoms with E-state index in [1.807, 2.05) is 6.92 Å². The summed E-state index contributed by atoms with van der Waals surface area (Å²) in [6.45, 7) is 36.2. The van der Waals surface area contributed by atoms with Crippen LogP contribution in [0.1, 0.15) is 194 Å². The van der Waals surface area contributed by atoms with Crippen molar-refractivity contribution >= 4 is 11.6 Å². The fraction of sp³-hybridized carbons (Fsp3) is 0.855. The molecule has 0 saturated carbocycles. The molecule has 108 heavy (non-hydrogen) atoms. The van der Waals surface area contributed by atoms with Gasteiger partial charge in [0.25, 0.3) is 0 Å². The molecule has 20 aliphatic heterocycles.